The van der Waals surface area contributed by atoms with E-state index in [0.717, 1.165) is 28.3 Å². The van der Waals surface area contributed by atoms with Crippen molar-refractivity contribution in [1.82, 2.24) is 9.38 Å². The fourth-order valence-electron chi connectivity index (χ4n) is 2.85. The predicted molar refractivity (Wildman–Crippen MR) is 77.2 cm³/mol. The van der Waals surface area contributed by atoms with Crippen LogP contribution in [0.2, 0.25) is 0 Å². The van der Waals surface area contributed by atoms with Crippen LogP contribution in [0, 0.1) is 0 Å². The first kappa shape index (κ1) is 11.7. The number of carboxylic acids is 1. The van der Waals surface area contributed by atoms with Crippen LogP contribution in [0.5, 0.6) is 0 Å². The molecule has 4 rings (SSSR count). The molecule has 4 nitrogen and oxygen atoms in total. The van der Waals surface area contributed by atoms with Crippen LogP contribution >= 0.6 is 11.3 Å². The zero-order valence-corrected chi connectivity index (χ0v) is 11.4. The maximum Gasteiger partial charge on any atom is 0.312 e. The second-order valence-electron chi connectivity index (χ2n) is 4.98. The molecule has 1 aliphatic rings. The van der Waals surface area contributed by atoms with Crippen molar-refractivity contribution < 1.29 is 9.90 Å². The number of imidazole rings is 1. The van der Waals surface area contributed by atoms with Crippen LogP contribution in [0.4, 0.5) is 0 Å². The molecule has 0 amide bonds. The molecule has 0 saturated carbocycles. The molecule has 2 aromatic heterocycles. The van der Waals surface area contributed by atoms with Gasteiger partial charge in [-0.25, -0.2) is 4.98 Å². The van der Waals surface area contributed by atoms with Gasteiger partial charge in [-0.05, 0) is 12.8 Å². The highest BCUT2D eigenvalue weighted by molar-refractivity contribution is 7.17. The Bertz CT molecular complexity index is 804. The summed E-state index contributed by atoms with van der Waals surface area (Å²) in [5.74, 6) is -1.13. The molecule has 1 aliphatic carbocycles. The number of fused-ring (bicyclic) bond motifs is 3. The molecule has 2 heterocycles. The number of aromatic nitrogens is 2. The molecule has 100 valence electrons. The van der Waals surface area contributed by atoms with Gasteiger partial charge in [-0.1, -0.05) is 30.3 Å². The number of aryl methyl sites for hydroxylation is 1. The Morgan fingerprint density at radius 1 is 1.35 bits per heavy atom. The van der Waals surface area contributed by atoms with E-state index >= 15 is 0 Å². The van der Waals surface area contributed by atoms with E-state index < -0.39 is 11.9 Å². The number of nitrogens with zero attached hydrogens (tertiary/aromatic N) is 2. The van der Waals surface area contributed by atoms with Crippen molar-refractivity contribution in [1.29, 1.82) is 0 Å². The van der Waals surface area contributed by atoms with Crippen molar-refractivity contribution >= 4 is 22.3 Å². The Balaban J connectivity index is 1.88. The van der Waals surface area contributed by atoms with Crippen molar-refractivity contribution in [3.05, 3.63) is 47.1 Å². The highest BCUT2D eigenvalue weighted by atomic mass is 32.1. The van der Waals surface area contributed by atoms with Gasteiger partial charge in [0.2, 0.25) is 0 Å². The Morgan fingerprint density at radius 3 is 2.90 bits per heavy atom. The van der Waals surface area contributed by atoms with Crippen LogP contribution < -0.4 is 0 Å². The predicted octanol–water partition coefficient (Wildman–Crippen LogP) is 3.18. The highest BCUT2D eigenvalue weighted by Gasteiger charge is 2.33. The van der Waals surface area contributed by atoms with Gasteiger partial charge in [0.1, 0.15) is 0 Å². The molecule has 0 radical (unpaired) electrons. The molecule has 0 bridgehead atoms. The van der Waals surface area contributed by atoms with Gasteiger partial charge in [0, 0.05) is 16.6 Å². The van der Waals surface area contributed by atoms with Crippen molar-refractivity contribution in [3.63, 3.8) is 0 Å². The third-order valence-electron chi connectivity index (χ3n) is 3.79. The van der Waals surface area contributed by atoms with E-state index in [1.165, 1.54) is 4.88 Å². The minimum absolute atomic E-state index is 0.392. The quantitative estimate of drug-likeness (QED) is 0.786. The lowest BCUT2D eigenvalue weighted by Gasteiger charge is -2.03. The summed E-state index contributed by atoms with van der Waals surface area (Å²) >= 11 is 1.61. The van der Waals surface area contributed by atoms with E-state index in [4.69, 9.17) is 0 Å². The molecule has 3 aromatic rings. The van der Waals surface area contributed by atoms with Crippen LogP contribution in [-0.4, -0.2) is 20.5 Å². The molecular weight excluding hydrogens is 272 g/mol. The first-order valence-electron chi connectivity index (χ1n) is 6.53. The van der Waals surface area contributed by atoms with Gasteiger partial charge in [0.25, 0.3) is 0 Å². The SMILES string of the molecule is O=C(O)C1CCc2sc3nc(-c4ccccc4)cn3c21. The number of carbonyl (C=O) groups is 1. The summed E-state index contributed by atoms with van der Waals surface area (Å²) in [7, 11) is 0. The molecular formula is C15H12N2O2S. The van der Waals surface area contributed by atoms with Gasteiger partial charge in [-0.15, -0.1) is 11.3 Å². The lowest BCUT2D eigenvalue weighted by molar-refractivity contribution is -0.138. The minimum atomic E-state index is -0.738. The molecule has 1 atom stereocenters. The van der Waals surface area contributed by atoms with E-state index in [1.807, 2.05) is 40.9 Å². The van der Waals surface area contributed by atoms with Gasteiger partial charge in [-0.2, -0.15) is 0 Å². The first-order valence-corrected chi connectivity index (χ1v) is 7.34. The fraction of sp³-hybridized carbons (Fsp3) is 0.200. The molecule has 5 heteroatoms. The Labute approximate surface area is 119 Å². The van der Waals surface area contributed by atoms with Gasteiger partial charge < -0.3 is 5.11 Å². The summed E-state index contributed by atoms with van der Waals surface area (Å²) in [5, 5.41) is 9.33. The number of hydrogen-bond acceptors (Lipinski definition) is 3. The molecule has 1 aromatic carbocycles. The molecule has 1 N–H and O–H groups in total. The number of rotatable bonds is 2. The Hall–Kier alpha value is -2.14. The molecule has 0 fully saturated rings. The van der Waals surface area contributed by atoms with E-state index in [1.54, 1.807) is 11.3 Å². The Morgan fingerprint density at radius 2 is 2.15 bits per heavy atom. The zero-order valence-electron chi connectivity index (χ0n) is 10.6. The number of thiazole rings is 1. The molecule has 0 saturated heterocycles. The van der Waals surface area contributed by atoms with Gasteiger partial charge >= 0.3 is 5.97 Å². The summed E-state index contributed by atoms with van der Waals surface area (Å²) in [4.78, 5) is 18.0. The normalized spacial score (nSPS) is 17.5. The van der Waals surface area contributed by atoms with Crippen molar-refractivity contribution in [2.45, 2.75) is 18.8 Å². The molecule has 20 heavy (non-hydrogen) atoms. The average molecular weight is 284 g/mol. The smallest absolute Gasteiger partial charge is 0.312 e. The molecule has 0 aliphatic heterocycles. The number of hydrogen-bond donors (Lipinski definition) is 1. The fourth-order valence-corrected chi connectivity index (χ4v) is 4.03. The summed E-state index contributed by atoms with van der Waals surface area (Å²) in [6.07, 6.45) is 3.51. The monoisotopic (exact) mass is 284 g/mol. The van der Waals surface area contributed by atoms with Crippen LogP contribution in [-0.2, 0) is 11.2 Å². The average Bonchev–Trinajstić information content (AvgIpc) is 3.09. The summed E-state index contributed by atoms with van der Waals surface area (Å²) in [6, 6.07) is 9.96. The number of aliphatic carboxylic acids is 1. The Kier molecular flexibility index (Phi) is 2.44. The van der Waals surface area contributed by atoms with Gasteiger partial charge in [-0.3, -0.25) is 9.20 Å². The highest BCUT2D eigenvalue weighted by Crippen LogP contribution is 2.39. The second-order valence-corrected chi connectivity index (χ2v) is 6.05. The number of carboxylic acid groups (broad SMARTS) is 1. The van der Waals surface area contributed by atoms with Crippen LogP contribution in [0.1, 0.15) is 22.9 Å². The van der Waals surface area contributed by atoms with Crippen molar-refractivity contribution in [3.8, 4) is 11.3 Å². The minimum Gasteiger partial charge on any atom is -0.481 e. The summed E-state index contributed by atoms with van der Waals surface area (Å²) < 4.78 is 1.97. The third kappa shape index (κ3) is 1.59. The molecule has 1 unspecified atom stereocenters. The molecule has 0 spiro atoms. The second kappa shape index (κ2) is 4.18. The lowest BCUT2D eigenvalue weighted by atomic mass is 10.1. The summed E-state index contributed by atoms with van der Waals surface area (Å²) in [5.41, 5.74) is 2.88. The van der Waals surface area contributed by atoms with Crippen LogP contribution in [0.15, 0.2) is 36.5 Å². The lowest BCUT2D eigenvalue weighted by Crippen LogP contribution is -2.09. The maximum absolute atomic E-state index is 11.4. The zero-order chi connectivity index (χ0) is 13.7. The maximum atomic E-state index is 11.4. The third-order valence-corrected chi connectivity index (χ3v) is 4.92. The largest absolute Gasteiger partial charge is 0.481 e. The van der Waals surface area contributed by atoms with E-state index in [0.29, 0.717) is 6.42 Å². The van der Waals surface area contributed by atoms with E-state index in [2.05, 4.69) is 4.98 Å². The van der Waals surface area contributed by atoms with Crippen LogP contribution in [0.3, 0.4) is 0 Å². The van der Waals surface area contributed by atoms with Crippen LogP contribution in [0.25, 0.3) is 16.2 Å². The van der Waals surface area contributed by atoms with Gasteiger partial charge in [0.05, 0.1) is 17.3 Å². The first-order chi connectivity index (χ1) is 9.74. The summed E-state index contributed by atoms with van der Waals surface area (Å²) in [6.45, 7) is 0. The van der Waals surface area contributed by atoms with E-state index in [9.17, 15) is 9.90 Å². The van der Waals surface area contributed by atoms with Gasteiger partial charge in [0.15, 0.2) is 4.96 Å². The van der Waals surface area contributed by atoms with Crippen molar-refractivity contribution in [2.75, 3.05) is 0 Å². The van der Waals surface area contributed by atoms with Crippen molar-refractivity contribution in [2.24, 2.45) is 0 Å². The number of benzene rings is 1. The standard InChI is InChI=1S/C15H12N2O2S/c18-14(19)10-6-7-12-13(10)17-8-11(16-15(17)20-12)9-4-2-1-3-5-9/h1-5,8,10H,6-7H2,(H,18,19). The topological polar surface area (TPSA) is 54.6 Å². The van der Waals surface area contributed by atoms with E-state index in [-0.39, 0.29) is 0 Å².